The van der Waals surface area contributed by atoms with Gasteiger partial charge in [0.05, 0.1) is 17.2 Å². The summed E-state index contributed by atoms with van der Waals surface area (Å²) in [5, 5.41) is 12.8. The van der Waals surface area contributed by atoms with E-state index < -0.39 is 0 Å². The van der Waals surface area contributed by atoms with Crippen LogP contribution in [0.25, 0.3) is 4.96 Å². The Morgan fingerprint density at radius 3 is 3.00 bits per heavy atom. The number of nitro groups is 1. The standard InChI is InChI=1S/C16H14N4O3S/c1-10-9-24-16-17-12(7-15(21)19(10)16)8-18-5-4-11-6-13(20(22)23)2-3-14(11)18/h2-3,6-7,9H,4-5,8H2,1H3. The first-order chi connectivity index (χ1) is 11.5. The van der Waals surface area contributed by atoms with Gasteiger partial charge in [0.1, 0.15) is 0 Å². The fourth-order valence-electron chi connectivity index (χ4n) is 3.11. The van der Waals surface area contributed by atoms with E-state index in [-0.39, 0.29) is 16.2 Å². The van der Waals surface area contributed by atoms with E-state index in [1.54, 1.807) is 22.6 Å². The van der Waals surface area contributed by atoms with Gasteiger partial charge in [0.2, 0.25) is 0 Å². The fraction of sp³-hybridized carbons (Fsp3) is 0.250. The number of thiazole rings is 1. The highest BCUT2D eigenvalue weighted by molar-refractivity contribution is 7.15. The van der Waals surface area contributed by atoms with Gasteiger partial charge in [-0.2, -0.15) is 0 Å². The van der Waals surface area contributed by atoms with Crippen LogP contribution in [0.1, 0.15) is 17.0 Å². The fourth-order valence-corrected chi connectivity index (χ4v) is 4.00. The summed E-state index contributed by atoms with van der Waals surface area (Å²) in [6, 6.07) is 6.49. The zero-order valence-corrected chi connectivity index (χ0v) is 13.7. The molecule has 0 atom stereocenters. The molecule has 3 heterocycles. The van der Waals surface area contributed by atoms with E-state index in [9.17, 15) is 14.9 Å². The lowest BCUT2D eigenvalue weighted by molar-refractivity contribution is -0.384. The van der Waals surface area contributed by atoms with Crippen LogP contribution in [0.15, 0.2) is 34.4 Å². The molecule has 1 aliphatic rings. The maximum Gasteiger partial charge on any atom is 0.269 e. The Labute approximate surface area is 141 Å². The smallest absolute Gasteiger partial charge is 0.269 e. The van der Waals surface area contributed by atoms with Crippen molar-refractivity contribution in [2.24, 2.45) is 0 Å². The van der Waals surface area contributed by atoms with Gasteiger partial charge in [-0.25, -0.2) is 4.98 Å². The van der Waals surface area contributed by atoms with Gasteiger partial charge >= 0.3 is 0 Å². The summed E-state index contributed by atoms with van der Waals surface area (Å²) >= 11 is 1.45. The molecule has 24 heavy (non-hydrogen) atoms. The van der Waals surface area contributed by atoms with Gasteiger partial charge in [-0.05, 0) is 25.0 Å². The monoisotopic (exact) mass is 342 g/mol. The Kier molecular flexibility index (Phi) is 3.34. The number of nitro benzene ring substituents is 1. The molecule has 1 aromatic carbocycles. The van der Waals surface area contributed by atoms with Gasteiger partial charge in [0.15, 0.2) is 4.96 Å². The van der Waals surface area contributed by atoms with Crippen LogP contribution in [0, 0.1) is 17.0 Å². The summed E-state index contributed by atoms with van der Waals surface area (Å²) in [7, 11) is 0. The van der Waals surface area contributed by atoms with E-state index in [0.29, 0.717) is 17.2 Å². The van der Waals surface area contributed by atoms with E-state index >= 15 is 0 Å². The number of fused-ring (bicyclic) bond motifs is 2. The third-order valence-electron chi connectivity index (χ3n) is 4.25. The lowest BCUT2D eigenvalue weighted by Crippen LogP contribution is -2.23. The van der Waals surface area contributed by atoms with Crippen LogP contribution in [-0.2, 0) is 13.0 Å². The molecule has 0 fully saturated rings. The molecule has 0 bridgehead atoms. The van der Waals surface area contributed by atoms with E-state index in [1.165, 1.54) is 17.4 Å². The Balaban J connectivity index is 1.66. The molecule has 0 spiro atoms. The van der Waals surface area contributed by atoms with Crippen molar-refractivity contribution in [3.05, 3.63) is 67.1 Å². The molecular formula is C16H14N4O3S. The van der Waals surface area contributed by atoms with Gasteiger partial charge in [-0.3, -0.25) is 19.3 Å². The molecule has 7 nitrogen and oxygen atoms in total. The first kappa shape index (κ1) is 14.8. The minimum Gasteiger partial charge on any atom is -0.365 e. The van der Waals surface area contributed by atoms with Crippen LogP contribution in [0.4, 0.5) is 11.4 Å². The van der Waals surface area contributed by atoms with Gasteiger partial charge in [0, 0.05) is 41.5 Å². The molecule has 0 unspecified atom stereocenters. The third kappa shape index (κ3) is 2.35. The third-order valence-corrected chi connectivity index (χ3v) is 5.19. The topological polar surface area (TPSA) is 80.8 Å². The first-order valence-corrected chi connectivity index (χ1v) is 8.40. The zero-order valence-electron chi connectivity index (χ0n) is 12.9. The summed E-state index contributed by atoms with van der Waals surface area (Å²) in [4.78, 5) is 30.1. The first-order valence-electron chi connectivity index (χ1n) is 7.52. The van der Waals surface area contributed by atoms with E-state index in [0.717, 1.165) is 29.9 Å². The van der Waals surface area contributed by atoms with Crippen LogP contribution < -0.4 is 10.5 Å². The van der Waals surface area contributed by atoms with E-state index in [4.69, 9.17) is 0 Å². The van der Waals surface area contributed by atoms with Crippen molar-refractivity contribution < 1.29 is 4.92 Å². The normalized spacial score (nSPS) is 13.5. The molecule has 0 aliphatic carbocycles. The van der Waals surface area contributed by atoms with Gasteiger partial charge in [-0.1, -0.05) is 0 Å². The molecular weight excluding hydrogens is 328 g/mol. The lowest BCUT2D eigenvalue weighted by atomic mass is 10.1. The Bertz CT molecular complexity index is 1020. The highest BCUT2D eigenvalue weighted by atomic mass is 32.1. The van der Waals surface area contributed by atoms with Crippen molar-refractivity contribution in [3.63, 3.8) is 0 Å². The second-order valence-corrected chi connectivity index (χ2v) is 6.66. The van der Waals surface area contributed by atoms with Crippen LogP contribution in [-0.4, -0.2) is 20.9 Å². The van der Waals surface area contributed by atoms with E-state index in [1.807, 2.05) is 12.3 Å². The highest BCUT2D eigenvalue weighted by Gasteiger charge is 2.22. The number of nitrogens with zero attached hydrogens (tertiary/aromatic N) is 4. The van der Waals surface area contributed by atoms with Gasteiger partial charge < -0.3 is 4.90 Å². The molecule has 8 heteroatoms. The number of benzene rings is 1. The maximum absolute atomic E-state index is 12.3. The minimum absolute atomic E-state index is 0.0723. The number of aromatic nitrogens is 2. The number of hydrogen-bond acceptors (Lipinski definition) is 6. The average Bonchev–Trinajstić information content (AvgIpc) is 3.11. The summed E-state index contributed by atoms with van der Waals surface area (Å²) in [6.07, 6.45) is 0.760. The van der Waals surface area contributed by atoms with Crippen molar-refractivity contribution in [3.8, 4) is 0 Å². The molecule has 0 amide bonds. The Hall–Kier alpha value is -2.74. The van der Waals surface area contributed by atoms with Crippen LogP contribution in [0.3, 0.4) is 0 Å². The molecule has 0 saturated heterocycles. The van der Waals surface area contributed by atoms with Crippen LogP contribution >= 0.6 is 11.3 Å². The SMILES string of the molecule is Cc1csc2nc(CN3CCc4cc([N+](=O)[O-])ccc43)cc(=O)n12. The largest absolute Gasteiger partial charge is 0.365 e. The number of rotatable bonds is 3. The van der Waals surface area contributed by atoms with Crippen molar-refractivity contribution >= 4 is 27.7 Å². The van der Waals surface area contributed by atoms with Crippen molar-refractivity contribution in [1.29, 1.82) is 0 Å². The zero-order chi connectivity index (χ0) is 16.8. The number of non-ortho nitro benzene ring substituents is 1. The number of aryl methyl sites for hydroxylation is 1. The van der Waals surface area contributed by atoms with Crippen molar-refractivity contribution in [1.82, 2.24) is 9.38 Å². The summed E-state index contributed by atoms with van der Waals surface area (Å²) in [5.74, 6) is 0. The predicted octanol–water partition coefficient (Wildman–Crippen LogP) is 2.54. The molecule has 0 saturated carbocycles. The Morgan fingerprint density at radius 1 is 1.38 bits per heavy atom. The number of hydrogen-bond donors (Lipinski definition) is 0. The lowest BCUT2D eigenvalue weighted by Gasteiger charge is -2.18. The van der Waals surface area contributed by atoms with Gasteiger partial charge in [-0.15, -0.1) is 11.3 Å². The minimum atomic E-state index is -0.377. The molecule has 2 aromatic heterocycles. The van der Waals surface area contributed by atoms with E-state index in [2.05, 4.69) is 9.88 Å². The maximum atomic E-state index is 12.3. The summed E-state index contributed by atoms with van der Waals surface area (Å²) in [5.41, 5.74) is 3.59. The summed E-state index contributed by atoms with van der Waals surface area (Å²) < 4.78 is 1.61. The van der Waals surface area contributed by atoms with Crippen LogP contribution in [0.2, 0.25) is 0 Å². The molecule has 3 aromatic rings. The van der Waals surface area contributed by atoms with Crippen molar-refractivity contribution in [2.75, 3.05) is 11.4 Å². The van der Waals surface area contributed by atoms with Crippen LogP contribution in [0.5, 0.6) is 0 Å². The Morgan fingerprint density at radius 2 is 2.21 bits per heavy atom. The van der Waals surface area contributed by atoms with Gasteiger partial charge in [0.25, 0.3) is 11.2 Å². The molecule has 0 N–H and O–H groups in total. The predicted molar refractivity (Wildman–Crippen MR) is 91.9 cm³/mol. The molecule has 122 valence electrons. The molecule has 1 aliphatic heterocycles. The number of anilines is 1. The van der Waals surface area contributed by atoms with Crippen molar-refractivity contribution in [2.45, 2.75) is 19.9 Å². The highest BCUT2D eigenvalue weighted by Crippen LogP contribution is 2.32. The quantitative estimate of drug-likeness (QED) is 0.540. The molecule has 0 radical (unpaired) electrons. The second-order valence-electron chi connectivity index (χ2n) is 5.82. The summed E-state index contributed by atoms with van der Waals surface area (Å²) in [6.45, 7) is 3.17. The average molecular weight is 342 g/mol. The second kappa shape index (κ2) is 5.41. The molecule has 4 rings (SSSR count).